The molecule has 0 spiro atoms. The number of aromatic nitrogens is 4. The summed E-state index contributed by atoms with van der Waals surface area (Å²) in [5.41, 5.74) is 9.40. The molecular weight excluding hydrogens is 432 g/mol. The lowest BCUT2D eigenvalue weighted by Crippen LogP contribution is -1.95. The van der Waals surface area contributed by atoms with Crippen LogP contribution in [0.3, 0.4) is 0 Å². The highest BCUT2D eigenvalue weighted by molar-refractivity contribution is 6.06. The summed E-state index contributed by atoms with van der Waals surface area (Å²) in [6, 6.07) is 33.8. The highest BCUT2D eigenvalue weighted by Gasteiger charge is 2.17. The summed E-state index contributed by atoms with van der Waals surface area (Å²) in [6.45, 7) is 0. The minimum Gasteiger partial charge on any atom is -0.454 e. The summed E-state index contributed by atoms with van der Waals surface area (Å²) < 4.78 is 10.5. The largest absolute Gasteiger partial charge is 0.454 e. The monoisotopic (exact) mass is 450 g/mol. The van der Waals surface area contributed by atoms with E-state index in [0.717, 1.165) is 66.6 Å². The Morgan fingerprint density at radius 3 is 2.40 bits per heavy atom. The van der Waals surface area contributed by atoms with E-state index in [-0.39, 0.29) is 0 Å². The number of hydrogen-bond donors (Lipinski definition) is 0. The molecule has 0 aliphatic carbocycles. The lowest BCUT2D eigenvalue weighted by atomic mass is 10.0. The third kappa shape index (κ3) is 2.58. The molecule has 4 aromatic heterocycles. The topological polar surface area (TPSA) is 48.3 Å². The van der Waals surface area contributed by atoms with Crippen molar-refractivity contribution in [3.05, 3.63) is 109 Å². The Kier molecular flexibility index (Phi) is 3.60. The van der Waals surface area contributed by atoms with Crippen LogP contribution in [0.25, 0.3) is 66.6 Å². The quantitative estimate of drug-likeness (QED) is 0.276. The van der Waals surface area contributed by atoms with E-state index in [2.05, 4.69) is 92.8 Å². The van der Waals surface area contributed by atoms with Crippen LogP contribution in [-0.4, -0.2) is 18.9 Å². The van der Waals surface area contributed by atoms with Crippen LogP contribution in [0.1, 0.15) is 0 Å². The first-order valence-electron chi connectivity index (χ1n) is 11.6. The second-order valence-corrected chi connectivity index (χ2v) is 8.80. The van der Waals surface area contributed by atoms with E-state index in [1.165, 1.54) is 0 Å². The molecule has 4 heterocycles. The zero-order chi connectivity index (χ0) is 22.9. The predicted molar refractivity (Wildman–Crippen MR) is 140 cm³/mol. The first-order valence-corrected chi connectivity index (χ1v) is 11.6. The molecule has 8 rings (SSSR count). The third-order valence-corrected chi connectivity index (χ3v) is 6.82. The van der Waals surface area contributed by atoms with Crippen LogP contribution in [0, 0.1) is 0 Å². The molecule has 5 heteroatoms. The summed E-state index contributed by atoms with van der Waals surface area (Å²) in [6.07, 6.45) is 3.58. The number of nitrogens with zero attached hydrogens (tertiary/aromatic N) is 4. The van der Waals surface area contributed by atoms with E-state index >= 15 is 0 Å². The van der Waals surface area contributed by atoms with Gasteiger partial charge in [0.2, 0.25) is 5.78 Å². The van der Waals surface area contributed by atoms with Gasteiger partial charge in [-0.05, 0) is 65.7 Å². The Hall–Kier alpha value is -4.90. The van der Waals surface area contributed by atoms with Gasteiger partial charge in [-0.2, -0.15) is 0 Å². The van der Waals surface area contributed by atoms with Crippen molar-refractivity contribution in [1.29, 1.82) is 0 Å². The molecule has 8 aromatic rings. The molecule has 0 unspecified atom stereocenters. The molecule has 4 aromatic carbocycles. The summed E-state index contributed by atoms with van der Waals surface area (Å²) in [5.74, 6) is 0.910. The zero-order valence-corrected chi connectivity index (χ0v) is 18.6. The molecule has 0 saturated heterocycles. The summed E-state index contributed by atoms with van der Waals surface area (Å²) in [5, 5.41) is 2.17. The predicted octanol–water partition coefficient (Wildman–Crippen LogP) is 7.39. The SMILES string of the molecule is c1cc(-c2ccc3oc4cnccc4c3c2)cc(-n2c3ccccc3n3c4ccccc4nc23)c1. The summed E-state index contributed by atoms with van der Waals surface area (Å²) >= 11 is 0. The molecule has 0 radical (unpaired) electrons. The Labute approximate surface area is 199 Å². The van der Waals surface area contributed by atoms with E-state index in [9.17, 15) is 0 Å². The number of pyridine rings is 1. The first kappa shape index (κ1) is 18.5. The summed E-state index contributed by atoms with van der Waals surface area (Å²) in [7, 11) is 0. The van der Waals surface area contributed by atoms with Crippen molar-refractivity contribution >= 4 is 49.8 Å². The number of fused-ring (bicyclic) bond motifs is 8. The van der Waals surface area contributed by atoms with Gasteiger partial charge in [-0.25, -0.2) is 4.98 Å². The molecule has 0 N–H and O–H groups in total. The molecular formula is C30H18N4O. The molecule has 0 atom stereocenters. The standard InChI is InChI=1S/C30H18N4O/c1-2-9-25-24(8-1)32-30-33(26-10-3-4-11-27(26)34(25)30)21-7-5-6-19(16-21)20-12-13-28-23(17-20)22-14-15-31-18-29(22)35-28/h1-18H. The van der Waals surface area contributed by atoms with Crippen molar-refractivity contribution in [3.63, 3.8) is 0 Å². The average molecular weight is 451 g/mol. The van der Waals surface area contributed by atoms with Crippen molar-refractivity contribution in [2.75, 3.05) is 0 Å². The molecule has 0 saturated carbocycles. The Morgan fingerprint density at radius 1 is 0.629 bits per heavy atom. The molecule has 0 fully saturated rings. The van der Waals surface area contributed by atoms with Gasteiger partial charge >= 0.3 is 0 Å². The van der Waals surface area contributed by atoms with Gasteiger partial charge in [0.25, 0.3) is 0 Å². The van der Waals surface area contributed by atoms with Crippen molar-refractivity contribution in [1.82, 2.24) is 18.9 Å². The molecule has 5 nitrogen and oxygen atoms in total. The van der Waals surface area contributed by atoms with Crippen LogP contribution in [0.15, 0.2) is 114 Å². The normalized spacial score (nSPS) is 12.0. The third-order valence-electron chi connectivity index (χ3n) is 6.82. The number of hydrogen-bond acceptors (Lipinski definition) is 3. The van der Waals surface area contributed by atoms with Crippen LogP contribution in [0.5, 0.6) is 0 Å². The molecule has 0 bridgehead atoms. The van der Waals surface area contributed by atoms with Gasteiger partial charge in [0.05, 0.1) is 28.3 Å². The number of benzene rings is 4. The maximum absolute atomic E-state index is 5.97. The Bertz CT molecular complexity index is 2080. The van der Waals surface area contributed by atoms with Gasteiger partial charge in [0.1, 0.15) is 5.58 Å². The molecule has 164 valence electrons. The Morgan fingerprint density at radius 2 is 1.46 bits per heavy atom. The lowest BCUT2D eigenvalue weighted by molar-refractivity contribution is 0.667. The van der Waals surface area contributed by atoms with Gasteiger partial charge in [0, 0.05) is 22.7 Å². The lowest BCUT2D eigenvalue weighted by Gasteiger charge is -2.08. The van der Waals surface area contributed by atoms with E-state index < -0.39 is 0 Å². The van der Waals surface area contributed by atoms with Crippen LogP contribution in [0.4, 0.5) is 0 Å². The first-order chi connectivity index (χ1) is 17.3. The average Bonchev–Trinajstić information content (AvgIpc) is 3.57. The van der Waals surface area contributed by atoms with E-state index in [0.29, 0.717) is 0 Å². The van der Waals surface area contributed by atoms with Gasteiger partial charge < -0.3 is 4.42 Å². The van der Waals surface area contributed by atoms with Crippen LogP contribution in [-0.2, 0) is 0 Å². The second kappa shape index (κ2) is 6.81. The molecule has 35 heavy (non-hydrogen) atoms. The molecule has 0 aliphatic heterocycles. The number of furan rings is 1. The minimum atomic E-state index is 0.806. The van der Waals surface area contributed by atoms with Crippen LogP contribution < -0.4 is 0 Å². The van der Waals surface area contributed by atoms with Gasteiger partial charge in [-0.3, -0.25) is 14.0 Å². The second-order valence-electron chi connectivity index (χ2n) is 8.80. The number of rotatable bonds is 2. The maximum Gasteiger partial charge on any atom is 0.220 e. The minimum absolute atomic E-state index is 0.806. The fraction of sp³-hybridized carbons (Fsp3) is 0. The maximum atomic E-state index is 5.97. The van der Waals surface area contributed by atoms with Crippen molar-refractivity contribution in [3.8, 4) is 16.8 Å². The van der Waals surface area contributed by atoms with Crippen LogP contribution in [0.2, 0.25) is 0 Å². The van der Waals surface area contributed by atoms with E-state index in [1.807, 2.05) is 24.4 Å². The van der Waals surface area contributed by atoms with Gasteiger partial charge in [0.15, 0.2) is 5.58 Å². The van der Waals surface area contributed by atoms with Crippen LogP contribution >= 0.6 is 0 Å². The molecule has 0 amide bonds. The highest BCUT2D eigenvalue weighted by Crippen LogP contribution is 2.34. The van der Waals surface area contributed by atoms with Gasteiger partial charge in [-0.1, -0.05) is 42.5 Å². The molecule has 0 aliphatic rings. The number of imidazole rings is 2. The highest BCUT2D eigenvalue weighted by atomic mass is 16.3. The number of para-hydroxylation sites is 4. The van der Waals surface area contributed by atoms with Gasteiger partial charge in [-0.15, -0.1) is 0 Å². The van der Waals surface area contributed by atoms with E-state index in [4.69, 9.17) is 9.40 Å². The Balaban J connectivity index is 1.38. The van der Waals surface area contributed by atoms with Crippen molar-refractivity contribution < 1.29 is 4.42 Å². The van der Waals surface area contributed by atoms with Crippen molar-refractivity contribution in [2.24, 2.45) is 0 Å². The van der Waals surface area contributed by atoms with E-state index in [1.54, 1.807) is 6.20 Å². The zero-order valence-electron chi connectivity index (χ0n) is 18.6. The van der Waals surface area contributed by atoms with Crippen molar-refractivity contribution in [2.45, 2.75) is 0 Å². The smallest absolute Gasteiger partial charge is 0.220 e. The fourth-order valence-corrected chi connectivity index (χ4v) is 5.24. The summed E-state index contributed by atoms with van der Waals surface area (Å²) in [4.78, 5) is 9.20. The fourth-order valence-electron chi connectivity index (χ4n) is 5.24.